The van der Waals surface area contributed by atoms with Crippen molar-refractivity contribution in [1.29, 1.82) is 0 Å². The van der Waals surface area contributed by atoms with Gasteiger partial charge in [-0.05, 0) is 30.8 Å². The van der Waals surface area contributed by atoms with Crippen molar-refractivity contribution in [3.05, 3.63) is 53.3 Å². The number of rotatable bonds is 5. The molecule has 7 heteroatoms. The molecule has 1 aliphatic heterocycles. The maximum atomic E-state index is 12.4. The van der Waals surface area contributed by atoms with Crippen LogP contribution in [0.3, 0.4) is 0 Å². The van der Waals surface area contributed by atoms with Crippen molar-refractivity contribution < 1.29 is 9.53 Å². The second-order valence-corrected chi connectivity index (χ2v) is 6.36. The van der Waals surface area contributed by atoms with Crippen LogP contribution in [0.2, 0.25) is 5.02 Å². The minimum Gasteiger partial charge on any atom is -0.366 e. The predicted octanol–water partition coefficient (Wildman–Crippen LogP) is 1.57. The summed E-state index contributed by atoms with van der Waals surface area (Å²) in [5.74, 6) is -0.0901. The standard InChI is InChI=1S/C17H21ClN4O2/c1-21-9-10-24-16(12-21)17(23)19-11-15(22-8-2-7-20-22)13-3-5-14(18)6-4-13/h2-8,15-16H,9-12H2,1H3,(H,19,23)/t15-,16+/m1/s1. The molecule has 0 spiro atoms. The Labute approximate surface area is 146 Å². The summed E-state index contributed by atoms with van der Waals surface area (Å²) in [7, 11) is 1.99. The topological polar surface area (TPSA) is 59.4 Å². The molecule has 1 aromatic carbocycles. The Hall–Kier alpha value is -1.89. The van der Waals surface area contributed by atoms with Crippen LogP contribution in [0.25, 0.3) is 0 Å². The first kappa shape index (κ1) is 17.0. The fourth-order valence-electron chi connectivity index (χ4n) is 2.76. The monoisotopic (exact) mass is 348 g/mol. The summed E-state index contributed by atoms with van der Waals surface area (Å²) in [5.41, 5.74) is 1.03. The minimum atomic E-state index is -0.424. The lowest BCUT2D eigenvalue weighted by Crippen LogP contribution is -2.49. The first-order valence-corrected chi connectivity index (χ1v) is 8.34. The number of carbonyl (C=O) groups excluding carboxylic acids is 1. The Morgan fingerprint density at radius 2 is 2.25 bits per heavy atom. The molecule has 1 aliphatic rings. The first-order chi connectivity index (χ1) is 11.6. The molecule has 1 saturated heterocycles. The van der Waals surface area contributed by atoms with Crippen LogP contribution < -0.4 is 5.32 Å². The van der Waals surface area contributed by atoms with Crippen LogP contribution in [0.5, 0.6) is 0 Å². The van der Waals surface area contributed by atoms with Gasteiger partial charge < -0.3 is 15.0 Å². The van der Waals surface area contributed by atoms with Gasteiger partial charge in [-0.2, -0.15) is 5.10 Å². The van der Waals surface area contributed by atoms with Gasteiger partial charge in [0.05, 0.1) is 12.6 Å². The van der Waals surface area contributed by atoms with Gasteiger partial charge in [-0.25, -0.2) is 0 Å². The molecular formula is C17H21ClN4O2. The molecule has 0 bridgehead atoms. The molecule has 3 rings (SSSR count). The highest BCUT2D eigenvalue weighted by molar-refractivity contribution is 6.30. The van der Waals surface area contributed by atoms with Crippen molar-refractivity contribution in [2.24, 2.45) is 0 Å². The molecule has 24 heavy (non-hydrogen) atoms. The predicted molar refractivity (Wildman–Crippen MR) is 92.1 cm³/mol. The van der Waals surface area contributed by atoms with Gasteiger partial charge in [-0.3, -0.25) is 9.48 Å². The normalized spacial score (nSPS) is 19.8. The lowest BCUT2D eigenvalue weighted by atomic mass is 10.1. The Kier molecular flexibility index (Phi) is 5.50. The van der Waals surface area contributed by atoms with E-state index in [0.29, 0.717) is 24.7 Å². The van der Waals surface area contributed by atoms with E-state index in [2.05, 4.69) is 15.3 Å². The minimum absolute atomic E-state index is 0.0901. The number of likely N-dealkylation sites (N-methyl/N-ethyl adjacent to an activating group) is 1. The molecule has 0 radical (unpaired) electrons. The van der Waals surface area contributed by atoms with E-state index in [-0.39, 0.29) is 11.9 Å². The molecule has 0 unspecified atom stereocenters. The van der Waals surface area contributed by atoms with Gasteiger partial charge in [0.15, 0.2) is 0 Å². The third-order valence-corrected chi connectivity index (χ3v) is 4.38. The van der Waals surface area contributed by atoms with Crippen LogP contribution in [0.1, 0.15) is 11.6 Å². The number of carbonyl (C=O) groups is 1. The average Bonchev–Trinajstić information content (AvgIpc) is 3.11. The van der Waals surface area contributed by atoms with Gasteiger partial charge in [0.1, 0.15) is 6.10 Å². The number of aromatic nitrogens is 2. The third-order valence-electron chi connectivity index (χ3n) is 4.13. The molecule has 1 aromatic heterocycles. The molecule has 2 aromatic rings. The van der Waals surface area contributed by atoms with Crippen molar-refractivity contribution in [3.63, 3.8) is 0 Å². The zero-order valence-electron chi connectivity index (χ0n) is 13.6. The Bertz CT molecular complexity index is 660. The van der Waals surface area contributed by atoms with E-state index >= 15 is 0 Å². The van der Waals surface area contributed by atoms with E-state index in [1.807, 2.05) is 48.3 Å². The van der Waals surface area contributed by atoms with Crippen LogP contribution in [0.15, 0.2) is 42.7 Å². The number of morpholine rings is 1. The summed E-state index contributed by atoms with van der Waals surface area (Å²) in [6, 6.07) is 9.35. The highest BCUT2D eigenvalue weighted by atomic mass is 35.5. The number of halogens is 1. The molecule has 2 atom stereocenters. The quantitative estimate of drug-likeness (QED) is 0.891. The van der Waals surface area contributed by atoms with Crippen molar-refractivity contribution >= 4 is 17.5 Å². The molecule has 0 aliphatic carbocycles. The number of benzene rings is 1. The van der Waals surface area contributed by atoms with Crippen molar-refractivity contribution in [1.82, 2.24) is 20.0 Å². The van der Waals surface area contributed by atoms with E-state index in [9.17, 15) is 4.79 Å². The number of nitrogens with one attached hydrogen (secondary N) is 1. The smallest absolute Gasteiger partial charge is 0.250 e. The van der Waals surface area contributed by atoms with E-state index in [1.54, 1.807) is 6.20 Å². The second-order valence-electron chi connectivity index (χ2n) is 5.92. The summed E-state index contributed by atoms with van der Waals surface area (Å²) >= 11 is 5.97. The lowest BCUT2D eigenvalue weighted by Gasteiger charge is -2.29. The molecule has 2 heterocycles. The van der Waals surface area contributed by atoms with Gasteiger partial charge in [0.25, 0.3) is 5.91 Å². The van der Waals surface area contributed by atoms with Crippen LogP contribution in [0.4, 0.5) is 0 Å². The fourth-order valence-corrected chi connectivity index (χ4v) is 2.89. The van der Waals surface area contributed by atoms with Crippen molar-refractivity contribution in [2.45, 2.75) is 12.1 Å². The van der Waals surface area contributed by atoms with Crippen LogP contribution in [-0.2, 0) is 9.53 Å². The second kappa shape index (κ2) is 7.79. The molecule has 0 saturated carbocycles. The SMILES string of the molecule is CN1CCO[C@H](C(=O)NC[C@H](c2ccc(Cl)cc2)n2cccn2)C1. The summed E-state index contributed by atoms with van der Waals surface area (Å²) < 4.78 is 7.39. The number of amides is 1. The zero-order chi connectivity index (χ0) is 16.9. The molecule has 1 amide bonds. The molecule has 6 nitrogen and oxygen atoms in total. The Balaban J connectivity index is 1.68. The van der Waals surface area contributed by atoms with Crippen LogP contribution in [0, 0.1) is 0 Å². The summed E-state index contributed by atoms with van der Waals surface area (Å²) in [6.45, 7) is 2.48. The average molecular weight is 349 g/mol. The Morgan fingerprint density at radius 3 is 2.92 bits per heavy atom. The van der Waals surface area contributed by atoms with Gasteiger partial charge in [0, 0.05) is 37.1 Å². The largest absolute Gasteiger partial charge is 0.366 e. The first-order valence-electron chi connectivity index (χ1n) is 7.96. The third kappa shape index (κ3) is 4.14. The van der Waals surface area contributed by atoms with E-state index in [1.165, 1.54) is 0 Å². The van der Waals surface area contributed by atoms with Gasteiger partial charge in [-0.15, -0.1) is 0 Å². The van der Waals surface area contributed by atoms with Crippen LogP contribution in [-0.4, -0.2) is 60.0 Å². The maximum Gasteiger partial charge on any atom is 0.250 e. The number of ether oxygens (including phenoxy) is 1. The number of nitrogens with zero attached hydrogens (tertiary/aromatic N) is 3. The van der Waals surface area contributed by atoms with E-state index in [0.717, 1.165) is 12.1 Å². The van der Waals surface area contributed by atoms with Crippen molar-refractivity contribution in [3.8, 4) is 0 Å². The lowest BCUT2D eigenvalue weighted by molar-refractivity contribution is -0.137. The summed E-state index contributed by atoms with van der Waals surface area (Å²) in [5, 5.41) is 7.98. The number of hydrogen-bond donors (Lipinski definition) is 1. The molecular weight excluding hydrogens is 328 g/mol. The molecule has 1 fully saturated rings. The van der Waals surface area contributed by atoms with E-state index in [4.69, 9.17) is 16.3 Å². The van der Waals surface area contributed by atoms with Gasteiger partial charge >= 0.3 is 0 Å². The van der Waals surface area contributed by atoms with Gasteiger partial charge in [-0.1, -0.05) is 23.7 Å². The maximum absolute atomic E-state index is 12.4. The zero-order valence-corrected chi connectivity index (χ0v) is 14.3. The molecule has 128 valence electrons. The highest BCUT2D eigenvalue weighted by Crippen LogP contribution is 2.19. The summed E-state index contributed by atoms with van der Waals surface area (Å²) in [6.07, 6.45) is 3.19. The van der Waals surface area contributed by atoms with Gasteiger partial charge in [0.2, 0.25) is 0 Å². The van der Waals surface area contributed by atoms with Crippen LogP contribution >= 0.6 is 11.6 Å². The summed E-state index contributed by atoms with van der Waals surface area (Å²) in [4.78, 5) is 14.5. The number of hydrogen-bond acceptors (Lipinski definition) is 4. The fraction of sp³-hybridized carbons (Fsp3) is 0.412. The van der Waals surface area contributed by atoms with Crippen molar-refractivity contribution in [2.75, 3.05) is 33.3 Å². The molecule has 1 N–H and O–H groups in total. The van der Waals surface area contributed by atoms with E-state index < -0.39 is 6.10 Å². The highest BCUT2D eigenvalue weighted by Gasteiger charge is 2.25. The Morgan fingerprint density at radius 1 is 1.46 bits per heavy atom.